The molecule has 0 bridgehead atoms. The van der Waals surface area contributed by atoms with Crippen LogP contribution >= 0.6 is 11.6 Å². The number of hydrogen-bond donors (Lipinski definition) is 1. The molecule has 0 spiro atoms. The average Bonchev–Trinajstić information content (AvgIpc) is 2.87. The Morgan fingerprint density at radius 3 is 2.64 bits per heavy atom. The molecule has 5 nitrogen and oxygen atoms in total. The summed E-state index contributed by atoms with van der Waals surface area (Å²) in [5.41, 5.74) is 3.81. The van der Waals surface area contributed by atoms with Gasteiger partial charge in [0.15, 0.2) is 0 Å². The van der Waals surface area contributed by atoms with Crippen LogP contribution in [-0.4, -0.2) is 30.7 Å². The summed E-state index contributed by atoms with van der Waals surface area (Å²) in [6.07, 6.45) is 1.61. The Bertz CT molecular complexity index is 830. The molecule has 0 aliphatic rings. The van der Waals surface area contributed by atoms with E-state index in [1.807, 2.05) is 50.2 Å². The molecular weight excluding hydrogens is 338 g/mol. The van der Waals surface area contributed by atoms with Gasteiger partial charge in [0.2, 0.25) is 0 Å². The van der Waals surface area contributed by atoms with E-state index in [0.29, 0.717) is 18.2 Å². The second kappa shape index (κ2) is 8.52. The van der Waals surface area contributed by atoms with E-state index in [-0.39, 0.29) is 5.57 Å². The number of benzene rings is 1. The van der Waals surface area contributed by atoms with Gasteiger partial charge in [-0.3, -0.25) is 4.79 Å². The summed E-state index contributed by atoms with van der Waals surface area (Å²) >= 11 is 5.95. The third kappa shape index (κ3) is 4.50. The van der Waals surface area contributed by atoms with E-state index in [2.05, 4.69) is 9.88 Å². The molecule has 25 heavy (non-hydrogen) atoms. The SMILES string of the molecule is COCCNC(=O)/C(C#N)=C/c1cc(C)n(-c2ccc(Cl)cc2)c1C. The highest BCUT2D eigenvalue weighted by Gasteiger charge is 2.13. The number of amides is 1. The van der Waals surface area contributed by atoms with Crippen LogP contribution in [0.25, 0.3) is 11.8 Å². The van der Waals surface area contributed by atoms with Gasteiger partial charge >= 0.3 is 0 Å². The molecule has 2 aromatic rings. The average molecular weight is 358 g/mol. The number of nitriles is 1. The quantitative estimate of drug-likeness (QED) is 0.489. The van der Waals surface area contributed by atoms with Gasteiger partial charge in [-0.25, -0.2) is 0 Å². The lowest BCUT2D eigenvalue weighted by atomic mass is 10.1. The van der Waals surface area contributed by atoms with Crippen LogP contribution in [0, 0.1) is 25.2 Å². The molecule has 1 N–H and O–H groups in total. The molecule has 6 heteroatoms. The molecule has 0 radical (unpaired) electrons. The third-order valence-electron chi connectivity index (χ3n) is 3.81. The fraction of sp³-hybridized carbons (Fsp3) is 0.263. The van der Waals surface area contributed by atoms with Crippen LogP contribution in [-0.2, 0) is 9.53 Å². The molecule has 1 aromatic carbocycles. The Morgan fingerprint density at radius 1 is 1.36 bits per heavy atom. The second-order valence-electron chi connectivity index (χ2n) is 5.56. The first kappa shape index (κ1) is 18.8. The molecule has 0 unspecified atom stereocenters. The Hall–Kier alpha value is -2.55. The maximum absolute atomic E-state index is 12.1. The molecule has 0 aliphatic carbocycles. The largest absolute Gasteiger partial charge is 0.383 e. The summed E-state index contributed by atoms with van der Waals surface area (Å²) in [4.78, 5) is 12.1. The number of carbonyl (C=O) groups excluding carboxylic acids is 1. The number of carbonyl (C=O) groups is 1. The predicted octanol–water partition coefficient (Wildman–Crippen LogP) is 3.42. The fourth-order valence-electron chi connectivity index (χ4n) is 2.59. The van der Waals surface area contributed by atoms with Crippen LogP contribution in [0.4, 0.5) is 0 Å². The Morgan fingerprint density at radius 2 is 2.04 bits per heavy atom. The topological polar surface area (TPSA) is 67.0 Å². The maximum Gasteiger partial charge on any atom is 0.262 e. The van der Waals surface area contributed by atoms with Crippen molar-refractivity contribution in [1.29, 1.82) is 5.26 Å². The molecule has 0 fully saturated rings. The van der Waals surface area contributed by atoms with Crippen molar-refractivity contribution in [3.05, 3.63) is 57.9 Å². The number of aromatic nitrogens is 1. The van der Waals surface area contributed by atoms with Crippen LogP contribution in [0.1, 0.15) is 17.0 Å². The van der Waals surface area contributed by atoms with Crippen LogP contribution in [0.2, 0.25) is 5.02 Å². The molecular formula is C19H20ClN3O2. The van der Waals surface area contributed by atoms with Crippen molar-refractivity contribution in [3.63, 3.8) is 0 Å². The van der Waals surface area contributed by atoms with Crippen LogP contribution < -0.4 is 5.32 Å². The molecule has 0 aliphatic heterocycles. The second-order valence-corrected chi connectivity index (χ2v) is 5.99. The highest BCUT2D eigenvalue weighted by atomic mass is 35.5. The number of ether oxygens (including phenoxy) is 1. The molecule has 130 valence electrons. The summed E-state index contributed by atoms with van der Waals surface area (Å²) < 4.78 is 6.95. The van der Waals surface area contributed by atoms with Crippen molar-refractivity contribution in [3.8, 4) is 11.8 Å². The number of nitrogens with zero attached hydrogens (tertiary/aromatic N) is 2. The van der Waals surface area contributed by atoms with Crippen molar-refractivity contribution in [2.45, 2.75) is 13.8 Å². The Balaban J connectivity index is 2.33. The van der Waals surface area contributed by atoms with Crippen molar-refractivity contribution in [1.82, 2.24) is 9.88 Å². The normalized spacial score (nSPS) is 11.2. The minimum absolute atomic E-state index is 0.0625. The van der Waals surface area contributed by atoms with Crippen LogP contribution in [0.15, 0.2) is 35.9 Å². The van der Waals surface area contributed by atoms with Gasteiger partial charge in [-0.15, -0.1) is 0 Å². The van der Waals surface area contributed by atoms with Gasteiger partial charge in [-0.2, -0.15) is 5.26 Å². The van der Waals surface area contributed by atoms with Gasteiger partial charge in [0.25, 0.3) is 5.91 Å². The fourth-order valence-corrected chi connectivity index (χ4v) is 2.71. The van der Waals surface area contributed by atoms with E-state index in [9.17, 15) is 10.1 Å². The van der Waals surface area contributed by atoms with Crippen LogP contribution in [0.5, 0.6) is 0 Å². The lowest BCUT2D eigenvalue weighted by molar-refractivity contribution is -0.117. The summed E-state index contributed by atoms with van der Waals surface area (Å²) in [7, 11) is 1.55. The van der Waals surface area contributed by atoms with Gasteiger partial charge in [-0.1, -0.05) is 11.6 Å². The van der Waals surface area contributed by atoms with Gasteiger partial charge in [0.05, 0.1) is 6.61 Å². The zero-order valence-corrected chi connectivity index (χ0v) is 15.2. The van der Waals surface area contributed by atoms with Crippen molar-refractivity contribution >= 4 is 23.6 Å². The highest BCUT2D eigenvalue weighted by molar-refractivity contribution is 6.30. The van der Waals surface area contributed by atoms with Crippen LogP contribution in [0.3, 0.4) is 0 Å². The number of rotatable bonds is 6. The molecule has 1 heterocycles. The zero-order valence-electron chi connectivity index (χ0n) is 14.5. The van der Waals surface area contributed by atoms with E-state index < -0.39 is 5.91 Å². The van der Waals surface area contributed by atoms with Crippen molar-refractivity contribution in [2.24, 2.45) is 0 Å². The number of nitrogens with one attached hydrogen (secondary N) is 1. The number of aryl methyl sites for hydroxylation is 1. The lowest BCUT2D eigenvalue weighted by Crippen LogP contribution is -2.27. The summed E-state index contributed by atoms with van der Waals surface area (Å²) in [6.45, 7) is 4.68. The summed E-state index contributed by atoms with van der Waals surface area (Å²) in [6, 6.07) is 11.4. The molecule has 1 aromatic heterocycles. The molecule has 0 saturated heterocycles. The smallest absolute Gasteiger partial charge is 0.262 e. The van der Waals surface area contributed by atoms with Gasteiger partial charge in [0, 0.05) is 35.8 Å². The minimum Gasteiger partial charge on any atom is -0.383 e. The van der Waals surface area contributed by atoms with Gasteiger partial charge in [-0.05, 0) is 55.8 Å². The van der Waals surface area contributed by atoms with E-state index in [0.717, 1.165) is 22.6 Å². The number of methoxy groups -OCH3 is 1. The number of hydrogen-bond acceptors (Lipinski definition) is 3. The molecule has 0 atom stereocenters. The minimum atomic E-state index is -0.407. The number of halogens is 1. The van der Waals surface area contributed by atoms with E-state index in [1.54, 1.807) is 13.2 Å². The van der Waals surface area contributed by atoms with Crippen molar-refractivity contribution in [2.75, 3.05) is 20.3 Å². The van der Waals surface area contributed by atoms with E-state index in [4.69, 9.17) is 16.3 Å². The van der Waals surface area contributed by atoms with Gasteiger partial charge in [0.1, 0.15) is 11.6 Å². The Kier molecular flexibility index (Phi) is 6.40. The summed E-state index contributed by atoms with van der Waals surface area (Å²) in [5, 5.41) is 12.6. The van der Waals surface area contributed by atoms with E-state index in [1.165, 1.54) is 0 Å². The monoisotopic (exact) mass is 357 g/mol. The molecule has 2 rings (SSSR count). The molecule has 1 amide bonds. The Labute approximate surface area is 152 Å². The first-order valence-corrected chi connectivity index (χ1v) is 8.19. The lowest BCUT2D eigenvalue weighted by Gasteiger charge is -2.09. The highest BCUT2D eigenvalue weighted by Crippen LogP contribution is 2.23. The zero-order chi connectivity index (χ0) is 18.4. The predicted molar refractivity (Wildman–Crippen MR) is 98.7 cm³/mol. The first-order valence-electron chi connectivity index (χ1n) is 7.81. The third-order valence-corrected chi connectivity index (χ3v) is 4.06. The molecule has 0 saturated carbocycles. The summed E-state index contributed by atoms with van der Waals surface area (Å²) in [5.74, 6) is -0.407. The maximum atomic E-state index is 12.1. The van der Waals surface area contributed by atoms with E-state index >= 15 is 0 Å². The standard InChI is InChI=1S/C19H20ClN3O2/c1-13-10-15(11-16(12-21)19(24)22-8-9-25-3)14(2)23(13)18-6-4-17(20)5-7-18/h4-7,10-11H,8-9H2,1-3H3,(H,22,24)/b16-11+. The first-order chi connectivity index (χ1) is 12.0. The van der Waals surface area contributed by atoms with Gasteiger partial charge < -0.3 is 14.6 Å². The van der Waals surface area contributed by atoms with Crippen molar-refractivity contribution < 1.29 is 9.53 Å².